The lowest BCUT2D eigenvalue weighted by Gasteiger charge is -2.21. The Bertz CT molecular complexity index is 1250. The normalized spacial score (nSPS) is 13.6. The predicted molar refractivity (Wildman–Crippen MR) is 108 cm³/mol. The van der Waals surface area contributed by atoms with Gasteiger partial charge in [-0.05, 0) is 18.6 Å². The Labute approximate surface area is 164 Å². The Kier molecular flexibility index (Phi) is 3.81. The summed E-state index contributed by atoms with van der Waals surface area (Å²) >= 11 is 1.55. The van der Waals surface area contributed by atoms with Crippen LogP contribution >= 0.6 is 11.3 Å². The van der Waals surface area contributed by atoms with Crippen molar-refractivity contribution in [3.8, 4) is 21.8 Å². The largest absolute Gasteiger partial charge is 0.377 e. The summed E-state index contributed by atoms with van der Waals surface area (Å²) < 4.78 is 0. The number of aromatic nitrogens is 6. The van der Waals surface area contributed by atoms with E-state index in [-0.39, 0.29) is 0 Å². The Balaban J connectivity index is 1.53. The standard InChI is InChI=1S/C20H16N6OS/c1-20(27,19-23-7-8-24-19)13-4-2-3-12(9-13)15-11-28-18(26-15)14-10-25-17-16(14)21-5-6-22-17/h2-11,27H,1H3,(H,22,25)(H,23,24). The van der Waals surface area contributed by atoms with Crippen molar-refractivity contribution in [3.63, 3.8) is 0 Å². The first-order chi connectivity index (χ1) is 13.6. The fourth-order valence-electron chi connectivity index (χ4n) is 3.19. The molecule has 4 aromatic heterocycles. The van der Waals surface area contributed by atoms with E-state index in [1.165, 1.54) is 0 Å². The molecule has 1 aromatic carbocycles. The third-order valence-electron chi connectivity index (χ3n) is 4.72. The molecule has 1 unspecified atom stereocenters. The average molecular weight is 388 g/mol. The third-order valence-corrected chi connectivity index (χ3v) is 5.60. The molecule has 138 valence electrons. The minimum Gasteiger partial charge on any atom is -0.377 e. The van der Waals surface area contributed by atoms with Gasteiger partial charge in [-0.3, -0.25) is 4.98 Å². The van der Waals surface area contributed by atoms with Crippen LogP contribution in [0.3, 0.4) is 0 Å². The van der Waals surface area contributed by atoms with E-state index >= 15 is 0 Å². The highest BCUT2D eigenvalue weighted by atomic mass is 32.1. The van der Waals surface area contributed by atoms with Crippen LogP contribution in [-0.2, 0) is 5.60 Å². The van der Waals surface area contributed by atoms with Crippen LogP contribution in [0.5, 0.6) is 0 Å². The lowest BCUT2D eigenvalue weighted by atomic mass is 9.93. The third kappa shape index (κ3) is 2.70. The number of benzene rings is 1. The lowest BCUT2D eigenvalue weighted by Crippen LogP contribution is -2.24. The Morgan fingerprint density at radius 3 is 2.82 bits per heavy atom. The van der Waals surface area contributed by atoms with Gasteiger partial charge in [0.2, 0.25) is 0 Å². The number of imidazole rings is 1. The number of nitrogens with one attached hydrogen (secondary N) is 2. The quantitative estimate of drug-likeness (QED) is 0.435. The molecule has 28 heavy (non-hydrogen) atoms. The van der Waals surface area contributed by atoms with Crippen molar-refractivity contribution >= 4 is 22.5 Å². The van der Waals surface area contributed by atoms with Crippen molar-refractivity contribution in [2.45, 2.75) is 12.5 Å². The summed E-state index contributed by atoms with van der Waals surface area (Å²) in [6.45, 7) is 1.72. The molecule has 1 atom stereocenters. The highest BCUT2D eigenvalue weighted by Crippen LogP contribution is 2.34. The molecule has 0 aliphatic carbocycles. The zero-order valence-electron chi connectivity index (χ0n) is 14.9. The van der Waals surface area contributed by atoms with Crippen LogP contribution in [0.25, 0.3) is 33.0 Å². The van der Waals surface area contributed by atoms with Gasteiger partial charge in [-0.1, -0.05) is 18.2 Å². The molecule has 5 rings (SSSR count). The number of hydrogen-bond acceptors (Lipinski definition) is 6. The van der Waals surface area contributed by atoms with Crippen LogP contribution < -0.4 is 0 Å². The summed E-state index contributed by atoms with van der Waals surface area (Å²) in [5.74, 6) is 0.501. The number of rotatable bonds is 4. The fourth-order valence-corrected chi connectivity index (χ4v) is 4.04. The molecule has 0 amide bonds. The lowest BCUT2D eigenvalue weighted by molar-refractivity contribution is 0.0932. The number of thiazole rings is 1. The molecule has 4 heterocycles. The molecule has 0 bridgehead atoms. The van der Waals surface area contributed by atoms with Crippen molar-refractivity contribution in [1.82, 2.24) is 29.9 Å². The summed E-state index contributed by atoms with van der Waals surface area (Å²) in [5, 5.41) is 13.8. The number of aromatic amines is 2. The zero-order chi connectivity index (χ0) is 19.1. The predicted octanol–water partition coefficient (Wildman–Crippen LogP) is 3.73. The summed E-state index contributed by atoms with van der Waals surface area (Å²) in [6, 6.07) is 7.72. The first-order valence-electron chi connectivity index (χ1n) is 8.70. The second kappa shape index (κ2) is 6.36. The molecule has 8 heteroatoms. The SMILES string of the molecule is CC(O)(c1cccc(-c2csc(-c3c[nH]c4nccnc34)n2)c1)c1ncc[nH]1. The van der Waals surface area contributed by atoms with Gasteiger partial charge in [0.25, 0.3) is 0 Å². The first-order valence-corrected chi connectivity index (χ1v) is 9.58. The summed E-state index contributed by atoms with van der Waals surface area (Å²) in [4.78, 5) is 23.8. The van der Waals surface area contributed by atoms with E-state index in [0.717, 1.165) is 38.6 Å². The molecule has 0 saturated carbocycles. The Morgan fingerprint density at radius 1 is 1.07 bits per heavy atom. The minimum atomic E-state index is -1.22. The Hall–Kier alpha value is -3.36. The smallest absolute Gasteiger partial charge is 0.156 e. The number of aliphatic hydroxyl groups is 1. The topological polar surface area (TPSA) is 103 Å². The fraction of sp³-hybridized carbons (Fsp3) is 0.100. The van der Waals surface area contributed by atoms with E-state index in [0.29, 0.717) is 5.82 Å². The number of H-pyrrole nitrogens is 2. The number of fused-ring (bicyclic) bond motifs is 1. The summed E-state index contributed by atoms with van der Waals surface area (Å²) in [7, 11) is 0. The van der Waals surface area contributed by atoms with Gasteiger partial charge in [0.05, 0.1) is 11.3 Å². The maximum Gasteiger partial charge on any atom is 0.156 e. The molecule has 0 aliphatic rings. The highest BCUT2D eigenvalue weighted by molar-refractivity contribution is 7.13. The molecule has 0 spiro atoms. The van der Waals surface area contributed by atoms with Gasteiger partial charge in [-0.15, -0.1) is 11.3 Å². The molecule has 5 aromatic rings. The van der Waals surface area contributed by atoms with E-state index in [1.54, 1.807) is 43.0 Å². The maximum atomic E-state index is 11.0. The Morgan fingerprint density at radius 2 is 1.96 bits per heavy atom. The highest BCUT2D eigenvalue weighted by Gasteiger charge is 2.28. The van der Waals surface area contributed by atoms with Crippen LogP contribution in [0.2, 0.25) is 0 Å². The maximum absolute atomic E-state index is 11.0. The van der Waals surface area contributed by atoms with Gasteiger partial charge < -0.3 is 15.1 Å². The van der Waals surface area contributed by atoms with Crippen LogP contribution in [0.15, 0.2) is 60.6 Å². The van der Waals surface area contributed by atoms with Crippen LogP contribution in [-0.4, -0.2) is 35.0 Å². The van der Waals surface area contributed by atoms with Gasteiger partial charge in [0.1, 0.15) is 21.9 Å². The van der Waals surface area contributed by atoms with Crippen molar-refractivity contribution in [1.29, 1.82) is 0 Å². The molecule has 0 radical (unpaired) electrons. The van der Waals surface area contributed by atoms with Gasteiger partial charge in [0.15, 0.2) is 5.65 Å². The average Bonchev–Trinajstić information content (AvgIpc) is 3.48. The number of nitrogens with zero attached hydrogens (tertiary/aromatic N) is 4. The van der Waals surface area contributed by atoms with E-state index in [9.17, 15) is 5.11 Å². The summed E-state index contributed by atoms with van der Waals surface area (Å²) in [6.07, 6.45) is 8.54. The molecule has 0 fully saturated rings. The zero-order valence-corrected chi connectivity index (χ0v) is 15.7. The molecular weight excluding hydrogens is 372 g/mol. The summed E-state index contributed by atoms with van der Waals surface area (Å²) in [5.41, 5.74) is 3.77. The molecule has 0 aliphatic heterocycles. The minimum absolute atomic E-state index is 0.501. The van der Waals surface area contributed by atoms with E-state index in [2.05, 4.69) is 24.9 Å². The van der Waals surface area contributed by atoms with Crippen LogP contribution in [0.4, 0.5) is 0 Å². The van der Waals surface area contributed by atoms with Crippen molar-refractivity contribution < 1.29 is 5.11 Å². The van der Waals surface area contributed by atoms with Gasteiger partial charge in [-0.25, -0.2) is 15.0 Å². The second-order valence-corrected chi connectivity index (χ2v) is 7.44. The van der Waals surface area contributed by atoms with Gasteiger partial charge >= 0.3 is 0 Å². The molecular formula is C20H16N6OS. The van der Waals surface area contributed by atoms with E-state index < -0.39 is 5.60 Å². The number of hydrogen-bond donors (Lipinski definition) is 3. The van der Waals surface area contributed by atoms with Crippen LogP contribution in [0.1, 0.15) is 18.3 Å². The van der Waals surface area contributed by atoms with Crippen molar-refractivity contribution in [2.75, 3.05) is 0 Å². The molecule has 3 N–H and O–H groups in total. The van der Waals surface area contributed by atoms with E-state index in [4.69, 9.17) is 4.98 Å². The monoisotopic (exact) mass is 388 g/mol. The molecule has 7 nitrogen and oxygen atoms in total. The van der Waals surface area contributed by atoms with Gasteiger partial charge in [0, 0.05) is 41.9 Å². The van der Waals surface area contributed by atoms with Crippen LogP contribution in [0, 0.1) is 0 Å². The second-order valence-electron chi connectivity index (χ2n) is 6.58. The van der Waals surface area contributed by atoms with Crippen molar-refractivity contribution in [2.24, 2.45) is 0 Å². The van der Waals surface area contributed by atoms with E-state index in [1.807, 2.05) is 35.8 Å². The van der Waals surface area contributed by atoms with Gasteiger partial charge in [-0.2, -0.15) is 0 Å². The first kappa shape index (κ1) is 16.8. The van der Waals surface area contributed by atoms with Crippen molar-refractivity contribution in [3.05, 3.63) is 72.0 Å². The molecule has 0 saturated heterocycles.